The maximum absolute atomic E-state index is 13.2. The molecule has 0 aliphatic heterocycles. The van der Waals surface area contributed by atoms with Gasteiger partial charge in [0.25, 0.3) is 0 Å². The summed E-state index contributed by atoms with van der Waals surface area (Å²) in [6, 6.07) is 6.43. The van der Waals surface area contributed by atoms with Gasteiger partial charge in [-0.3, -0.25) is 4.79 Å². The summed E-state index contributed by atoms with van der Waals surface area (Å²) in [7, 11) is 0. The molecule has 0 fully saturated rings. The molecule has 0 aliphatic carbocycles. The van der Waals surface area contributed by atoms with Crippen molar-refractivity contribution in [2.75, 3.05) is 13.1 Å². The van der Waals surface area contributed by atoms with Crippen molar-refractivity contribution >= 4 is 5.91 Å². The minimum atomic E-state index is -0.288. The molecule has 0 atom stereocenters. The average molecular weight is 224 g/mol. The Kier molecular flexibility index (Phi) is 5.50. The lowest BCUT2D eigenvalue weighted by atomic mass is 10.2. The highest BCUT2D eigenvalue weighted by molar-refractivity contribution is 5.77. The number of hydrogen-bond donors (Lipinski definition) is 2. The first-order valence-electron chi connectivity index (χ1n) is 5.45. The molecule has 3 nitrogen and oxygen atoms in total. The lowest BCUT2D eigenvalue weighted by Crippen LogP contribution is -2.33. The molecule has 0 saturated heterocycles. The van der Waals surface area contributed by atoms with Crippen molar-refractivity contribution in [1.82, 2.24) is 10.6 Å². The molecule has 0 bridgehead atoms. The maximum Gasteiger partial charge on any atom is 0.234 e. The Hall–Kier alpha value is -1.42. The zero-order chi connectivity index (χ0) is 11.8. The van der Waals surface area contributed by atoms with E-state index in [0.717, 1.165) is 13.0 Å². The molecule has 0 aromatic heterocycles. The van der Waals surface area contributed by atoms with Gasteiger partial charge in [-0.05, 0) is 19.0 Å². The zero-order valence-electron chi connectivity index (χ0n) is 9.42. The SMILES string of the molecule is CCCNCC(=O)NCc1ccccc1F. The summed E-state index contributed by atoms with van der Waals surface area (Å²) in [6.45, 7) is 3.36. The van der Waals surface area contributed by atoms with Crippen LogP contribution in [0.2, 0.25) is 0 Å². The van der Waals surface area contributed by atoms with Crippen molar-refractivity contribution in [1.29, 1.82) is 0 Å². The predicted molar refractivity (Wildman–Crippen MR) is 61.4 cm³/mol. The molecule has 2 N–H and O–H groups in total. The standard InChI is InChI=1S/C12H17FN2O/c1-2-7-14-9-12(16)15-8-10-5-3-4-6-11(10)13/h3-6,14H,2,7-9H2,1H3,(H,15,16). The second-order valence-electron chi connectivity index (χ2n) is 3.54. The summed E-state index contributed by atoms with van der Waals surface area (Å²) < 4.78 is 13.2. The largest absolute Gasteiger partial charge is 0.351 e. The van der Waals surface area contributed by atoms with Crippen molar-refractivity contribution in [2.45, 2.75) is 19.9 Å². The van der Waals surface area contributed by atoms with Gasteiger partial charge in [0.15, 0.2) is 0 Å². The topological polar surface area (TPSA) is 41.1 Å². The van der Waals surface area contributed by atoms with Crippen LogP contribution in [0.15, 0.2) is 24.3 Å². The van der Waals surface area contributed by atoms with Crippen LogP contribution < -0.4 is 10.6 Å². The molecular weight excluding hydrogens is 207 g/mol. The molecule has 0 unspecified atom stereocenters. The van der Waals surface area contributed by atoms with Crippen molar-refractivity contribution in [3.63, 3.8) is 0 Å². The fraction of sp³-hybridized carbons (Fsp3) is 0.417. The van der Waals surface area contributed by atoms with E-state index in [4.69, 9.17) is 0 Å². The van der Waals surface area contributed by atoms with Gasteiger partial charge in [0.2, 0.25) is 5.91 Å². The Balaban J connectivity index is 2.29. The van der Waals surface area contributed by atoms with Gasteiger partial charge in [0.1, 0.15) is 5.82 Å². The number of benzene rings is 1. The van der Waals surface area contributed by atoms with Gasteiger partial charge in [0.05, 0.1) is 6.54 Å². The Morgan fingerprint density at radius 2 is 2.12 bits per heavy atom. The van der Waals surface area contributed by atoms with E-state index in [1.165, 1.54) is 6.07 Å². The number of carbonyl (C=O) groups excluding carboxylic acids is 1. The molecule has 1 aromatic carbocycles. The molecule has 0 heterocycles. The molecule has 88 valence electrons. The van der Waals surface area contributed by atoms with Crippen molar-refractivity contribution < 1.29 is 9.18 Å². The molecule has 0 saturated carbocycles. The molecule has 4 heteroatoms. The molecule has 1 aromatic rings. The summed E-state index contributed by atoms with van der Waals surface area (Å²) >= 11 is 0. The summed E-state index contributed by atoms with van der Waals surface area (Å²) in [5.74, 6) is -0.402. The van der Waals surface area contributed by atoms with Gasteiger partial charge in [-0.1, -0.05) is 25.1 Å². The average Bonchev–Trinajstić information content (AvgIpc) is 2.28. The third-order valence-corrected chi connectivity index (χ3v) is 2.15. The molecule has 0 aliphatic rings. The van der Waals surface area contributed by atoms with E-state index in [1.807, 2.05) is 6.92 Å². The number of nitrogens with one attached hydrogen (secondary N) is 2. The van der Waals surface area contributed by atoms with Crippen LogP contribution in [-0.2, 0) is 11.3 Å². The summed E-state index contributed by atoms with van der Waals surface area (Å²) in [4.78, 5) is 11.3. The number of rotatable bonds is 6. The highest BCUT2D eigenvalue weighted by Crippen LogP contribution is 2.04. The van der Waals surface area contributed by atoms with Crippen molar-refractivity contribution in [2.24, 2.45) is 0 Å². The Morgan fingerprint density at radius 1 is 1.38 bits per heavy atom. The summed E-state index contributed by atoms with van der Waals surface area (Å²) in [5.41, 5.74) is 0.506. The quantitative estimate of drug-likeness (QED) is 0.718. The highest BCUT2D eigenvalue weighted by atomic mass is 19.1. The first kappa shape index (κ1) is 12.6. The molecule has 0 spiro atoms. The first-order chi connectivity index (χ1) is 7.74. The summed E-state index contributed by atoms with van der Waals surface area (Å²) in [5, 5.41) is 5.64. The van der Waals surface area contributed by atoms with E-state index in [1.54, 1.807) is 18.2 Å². The van der Waals surface area contributed by atoms with Gasteiger partial charge in [-0.25, -0.2) is 4.39 Å². The number of carbonyl (C=O) groups is 1. The third-order valence-electron chi connectivity index (χ3n) is 2.15. The lowest BCUT2D eigenvalue weighted by Gasteiger charge is -2.06. The number of halogens is 1. The Bertz CT molecular complexity index is 342. The fourth-order valence-electron chi connectivity index (χ4n) is 1.28. The number of amides is 1. The van der Waals surface area contributed by atoms with E-state index in [-0.39, 0.29) is 24.8 Å². The van der Waals surface area contributed by atoms with Gasteiger partial charge in [0, 0.05) is 12.1 Å². The van der Waals surface area contributed by atoms with E-state index >= 15 is 0 Å². The van der Waals surface area contributed by atoms with E-state index in [2.05, 4.69) is 10.6 Å². The van der Waals surface area contributed by atoms with Crippen molar-refractivity contribution in [3.8, 4) is 0 Å². The van der Waals surface area contributed by atoms with Crippen molar-refractivity contribution in [3.05, 3.63) is 35.6 Å². The van der Waals surface area contributed by atoms with Crippen LogP contribution in [0, 0.1) is 5.82 Å². The molecule has 0 radical (unpaired) electrons. The zero-order valence-corrected chi connectivity index (χ0v) is 9.42. The first-order valence-corrected chi connectivity index (χ1v) is 5.45. The minimum absolute atomic E-state index is 0.114. The highest BCUT2D eigenvalue weighted by Gasteiger charge is 2.03. The Morgan fingerprint density at radius 3 is 2.81 bits per heavy atom. The second-order valence-corrected chi connectivity index (χ2v) is 3.54. The van der Waals surface area contributed by atoms with Crippen LogP contribution in [-0.4, -0.2) is 19.0 Å². The van der Waals surface area contributed by atoms with Crippen LogP contribution in [0.5, 0.6) is 0 Å². The lowest BCUT2D eigenvalue weighted by molar-refractivity contribution is -0.120. The van der Waals surface area contributed by atoms with Crippen LogP contribution in [0.3, 0.4) is 0 Å². The molecule has 16 heavy (non-hydrogen) atoms. The molecule has 1 amide bonds. The van der Waals surface area contributed by atoms with E-state index < -0.39 is 0 Å². The van der Waals surface area contributed by atoms with Crippen LogP contribution in [0.25, 0.3) is 0 Å². The normalized spacial score (nSPS) is 10.1. The van der Waals surface area contributed by atoms with Gasteiger partial charge in [-0.15, -0.1) is 0 Å². The van der Waals surface area contributed by atoms with E-state index in [0.29, 0.717) is 5.56 Å². The number of hydrogen-bond acceptors (Lipinski definition) is 2. The van der Waals surface area contributed by atoms with Gasteiger partial charge in [-0.2, -0.15) is 0 Å². The van der Waals surface area contributed by atoms with Gasteiger partial charge < -0.3 is 10.6 Å². The predicted octanol–water partition coefficient (Wildman–Crippen LogP) is 1.44. The smallest absolute Gasteiger partial charge is 0.234 e. The van der Waals surface area contributed by atoms with E-state index in [9.17, 15) is 9.18 Å². The van der Waals surface area contributed by atoms with Crippen LogP contribution >= 0.6 is 0 Å². The van der Waals surface area contributed by atoms with Crippen LogP contribution in [0.1, 0.15) is 18.9 Å². The maximum atomic E-state index is 13.2. The minimum Gasteiger partial charge on any atom is -0.351 e. The van der Waals surface area contributed by atoms with Crippen LogP contribution in [0.4, 0.5) is 4.39 Å². The molecule has 1 rings (SSSR count). The fourth-order valence-corrected chi connectivity index (χ4v) is 1.28. The second kappa shape index (κ2) is 6.95. The monoisotopic (exact) mass is 224 g/mol. The summed E-state index contributed by atoms with van der Waals surface area (Å²) in [6.07, 6.45) is 0.987. The Labute approximate surface area is 95.0 Å². The van der Waals surface area contributed by atoms with Gasteiger partial charge >= 0.3 is 0 Å². The molecular formula is C12H17FN2O. The third kappa shape index (κ3) is 4.40.